The monoisotopic (exact) mass is 240 g/mol. The van der Waals surface area contributed by atoms with Crippen molar-refractivity contribution in [2.45, 2.75) is 32.2 Å². The third-order valence-corrected chi connectivity index (χ3v) is 2.42. The summed E-state index contributed by atoms with van der Waals surface area (Å²) in [5, 5.41) is 11.5. The second-order valence-corrected chi connectivity index (χ2v) is 3.90. The molecule has 94 valence electrons. The quantitative estimate of drug-likeness (QED) is 0.689. The smallest absolute Gasteiger partial charge is 0.241 e. The van der Waals surface area contributed by atoms with Crippen LogP contribution in [0.5, 0.6) is 5.75 Å². The number of anilines is 1. The molecule has 5 heteroatoms. The van der Waals surface area contributed by atoms with Crippen LogP contribution >= 0.6 is 0 Å². The van der Waals surface area contributed by atoms with E-state index in [2.05, 4.69) is 5.32 Å². The van der Waals surface area contributed by atoms with Gasteiger partial charge in [-0.05, 0) is 18.6 Å². The predicted octanol–water partition coefficient (Wildman–Crippen LogP) is 1.99. The summed E-state index contributed by atoms with van der Waals surface area (Å²) in [6.45, 7) is 2.01. The number of rotatable bonds is 5. The van der Waals surface area contributed by atoms with Crippen LogP contribution in [0.3, 0.4) is 0 Å². The topological polar surface area (TPSA) is 75.4 Å². The lowest BCUT2D eigenvalue weighted by Gasteiger charge is -2.11. The summed E-state index contributed by atoms with van der Waals surface area (Å²) >= 11 is 0. The summed E-state index contributed by atoms with van der Waals surface area (Å²) in [6.07, 6.45) is 2.44. The minimum Gasteiger partial charge on any atom is -0.505 e. The molecule has 4 N–H and O–H groups in total. The summed E-state index contributed by atoms with van der Waals surface area (Å²) < 4.78 is 13.0. The van der Waals surface area contributed by atoms with Crippen molar-refractivity contribution in [3.8, 4) is 5.75 Å². The average Bonchev–Trinajstić information content (AvgIpc) is 2.30. The van der Waals surface area contributed by atoms with E-state index in [1.165, 1.54) is 12.1 Å². The minimum absolute atomic E-state index is 0.289. The molecule has 17 heavy (non-hydrogen) atoms. The molecule has 0 radical (unpaired) electrons. The number of benzene rings is 1. The molecular weight excluding hydrogens is 223 g/mol. The molecule has 0 heterocycles. The molecule has 0 fully saturated rings. The van der Waals surface area contributed by atoms with Crippen LogP contribution in [0, 0.1) is 5.82 Å². The SMILES string of the molecule is CCCC[C@H](N)C(=O)Nc1ccc(O)c(F)c1. The van der Waals surface area contributed by atoms with Crippen molar-refractivity contribution < 1.29 is 14.3 Å². The van der Waals surface area contributed by atoms with Gasteiger partial charge in [-0.25, -0.2) is 4.39 Å². The molecule has 0 aliphatic heterocycles. The number of unbranched alkanes of at least 4 members (excludes halogenated alkanes) is 1. The van der Waals surface area contributed by atoms with E-state index in [1.807, 2.05) is 6.92 Å². The van der Waals surface area contributed by atoms with Crippen molar-refractivity contribution in [2.75, 3.05) is 5.32 Å². The average molecular weight is 240 g/mol. The fourth-order valence-electron chi connectivity index (χ4n) is 1.37. The zero-order valence-electron chi connectivity index (χ0n) is 9.74. The number of nitrogens with one attached hydrogen (secondary N) is 1. The Morgan fingerprint density at radius 1 is 1.59 bits per heavy atom. The van der Waals surface area contributed by atoms with Crippen LogP contribution in [-0.4, -0.2) is 17.1 Å². The Kier molecular flexibility index (Phi) is 4.90. The Morgan fingerprint density at radius 2 is 2.29 bits per heavy atom. The molecule has 0 bridgehead atoms. The number of carbonyl (C=O) groups excluding carboxylic acids is 1. The van der Waals surface area contributed by atoms with Gasteiger partial charge in [0.2, 0.25) is 5.91 Å². The van der Waals surface area contributed by atoms with Crippen LogP contribution in [0.1, 0.15) is 26.2 Å². The number of amides is 1. The number of carbonyl (C=O) groups is 1. The maximum atomic E-state index is 13.0. The highest BCUT2D eigenvalue weighted by Crippen LogP contribution is 2.19. The van der Waals surface area contributed by atoms with Crippen molar-refractivity contribution in [1.29, 1.82) is 0 Å². The van der Waals surface area contributed by atoms with E-state index in [0.29, 0.717) is 6.42 Å². The summed E-state index contributed by atoms with van der Waals surface area (Å²) in [5.74, 6) is -1.56. The van der Waals surface area contributed by atoms with Gasteiger partial charge in [-0.1, -0.05) is 19.8 Å². The van der Waals surface area contributed by atoms with Crippen LogP contribution in [0.2, 0.25) is 0 Å². The maximum absolute atomic E-state index is 13.0. The molecule has 0 aromatic heterocycles. The second kappa shape index (κ2) is 6.20. The molecule has 0 spiro atoms. The molecule has 0 aliphatic rings. The van der Waals surface area contributed by atoms with Crippen molar-refractivity contribution in [3.63, 3.8) is 0 Å². The van der Waals surface area contributed by atoms with Gasteiger partial charge in [-0.15, -0.1) is 0 Å². The number of hydrogen-bond donors (Lipinski definition) is 3. The van der Waals surface area contributed by atoms with Crippen LogP contribution in [0.4, 0.5) is 10.1 Å². The number of hydrogen-bond acceptors (Lipinski definition) is 3. The molecule has 1 amide bonds. The number of halogens is 1. The lowest BCUT2D eigenvalue weighted by atomic mass is 10.1. The molecule has 1 aromatic carbocycles. The molecule has 1 atom stereocenters. The maximum Gasteiger partial charge on any atom is 0.241 e. The van der Waals surface area contributed by atoms with E-state index in [-0.39, 0.29) is 11.6 Å². The van der Waals surface area contributed by atoms with Crippen molar-refractivity contribution >= 4 is 11.6 Å². The Hall–Kier alpha value is -1.62. The van der Waals surface area contributed by atoms with Crippen LogP contribution in [-0.2, 0) is 4.79 Å². The first kappa shape index (κ1) is 13.4. The first-order valence-electron chi connectivity index (χ1n) is 5.59. The minimum atomic E-state index is -0.773. The van der Waals surface area contributed by atoms with E-state index in [1.54, 1.807) is 0 Å². The first-order valence-corrected chi connectivity index (χ1v) is 5.59. The van der Waals surface area contributed by atoms with Crippen LogP contribution < -0.4 is 11.1 Å². The summed E-state index contributed by atoms with van der Waals surface area (Å²) in [4.78, 5) is 11.6. The summed E-state index contributed by atoms with van der Waals surface area (Å²) in [7, 11) is 0. The normalized spacial score (nSPS) is 12.2. The van der Waals surface area contributed by atoms with Gasteiger partial charge in [0.05, 0.1) is 6.04 Å². The molecule has 0 saturated heterocycles. The summed E-state index contributed by atoms with van der Waals surface area (Å²) in [5.41, 5.74) is 5.95. The molecule has 0 unspecified atom stereocenters. The Labute approximate surface area is 99.6 Å². The molecule has 1 rings (SSSR count). The number of phenols is 1. The number of nitrogens with two attached hydrogens (primary N) is 1. The van der Waals surface area contributed by atoms with Gasteiger partial charge in [0.1, 0.15) is 0 Å². The summed E-state index contributed by atoms with van der Waals surface area (Å²) in [6, 6.07) is 3.07. The van der Waals surface area contributed by atoms with E-state index in [9.17, 15) is 9.18 Å². The predicted molar refractivity (Wildman–Crippen MR) is 64.2 cm³/mol. The number of aromatic hydroxyl groups is 1. The van der Waals surface area contributed by atoms with Crippen molar-refractivity contribution in [1.82, 2.24) is 0 Å². The van der Waals surface area contributed by atoms with E-state index in [0.717, 1.165) is 18.9 Å². The fraction of sp³-hybridized carbons (Fsp3) is 0.417. The van der Waals surface area contributed by atoms with Crippen LogP contribution in [0.25, 0.3) is 0 Å². The standard InChI is InChI=1S/C12H17FN2O2/c1-2-3-4-10(14)12(17)15-8-5-6-11(16)9(13)7-8/h5-7,10,16H,2-4,14H2,1H3,(H,15,17)/t10-/m0/s1. The van der Waals surface area contributed by atoms with E-state index in [4.69, 9.17) is 10.8 Å². The van der Waals surface area contributed by atoms with Gasteiger partial charge >= 0.3 is 0 Å². The fourth-order valence-corrected chi connectivity index (χ4v) is 1.37. The largest absolute Gasteiger partial charge is 0.505 e. The third kappa shape index (κ3) is 4.03. The van der Waals surface area contributed by atoms with Crippen LogP contribution in [0.15, 0.2) is 18.2 Å². The van der Waals surface area contributed by atoms with Crippen molar-refractivity contribution in [2.24, 2.45) is 5.73 Å². The Balaban J connectivity index is 2.58. The Morgan fingerprint density at radius 3 is 2.88 bits per heavy atom. The zero-order valence-corrected chi connectivity index (χ0v) is 9.74. The van der Waals surface area contributed by atoms with Gasteiger partial charge in [0, 0.05) is 11.8 Å². The molecule has 0 aliphatic carbocycles. The number of phenolic OH excluding ortho intramolecular Hbond substituents is 1. The van der Waals surface area contributed by atoms with Gasteiger partial charge in [-0.2, -0.15) is 0 Å². The third-order valence-electron chi connectivity index (χ3n) is 2.42. The van der Waals surface area contributed by atoms with Gasteiger partial charge in [0.15, 0.2) is 11.6 Å². The van der Waals surface area contributed by atoms with Crippen molar-refractivity contribution in [3.05, 3.63) is 24.0 Å². The zero-order chi connectivity index (χ0) is 12.8. The lowest BCUT2D eigenvalue weighted by Crippen LogP contribution is -2.35. The molecular formula is C12H17FN2O2. The highest BCUT2D eigenvalue weighted by atomic mass is 19.1. The second-order valence-electron chi connectivity index (χ2n) is 3.90. The highest BCUT2D eigenvalue weighted by Gasteiger charge is 2.13. The van der Waals surface area contributed by atoms with Gasteiger partial charge in [-0.3, -0.25) is 4.79 Å². The Bertz CT molecular complexity index is 396. The van der Waals surface area contributed by atoms with Gasteiger partial charge < -0.3 is 16.2 Å². The molecule has 4 nitrogen and oxygen atoms in total. The van der Waals surface area contributed by atoms with Gasteiger partial charge in [0.25, 0.3) is 0 Å². The van der Waals surface area contributed by atoms with E-state index < -0.39 is 17.6 Å². The molecule has 0 saturated carbocycles. The molecule has 1 aromatic rings. The lowest BCUT2D eigenvalue weighted by molar-refractivity contribution is -0.117. The highest BCUT2D eigenvalue weighted by molar-refractivity contribution is 5.94. The first-order chi connectivity index (χ1) is 8.04. The van der Waals surface area contributed by atoms with E-state index >= 15 is 0 Å².